The van der Waals surface area contributed by atoms with Crippen molar-refractivity contribution in [2.24, 2.45) is 5.73 Å². The lowest BCUT2D eigenvalue weighted by Gasteiger charge is -2.16. The summed E-state index contributed by atoms with van der Waals surface area (Å²) >= 11 is 0. The lowest BCUT2D eigenvalue weighted by atomic mass is 10.1. The summed E-state index contributed by atoms with van der Waals surface area (Å²) in [6.45, 7) is 4.76. The van der Waals surface area contributed by atoms with Crippen LogP contribution in [0.25, 0.3) is 0 Å². The number of hydrogen-bond donors (Lipinski definition) is 4. The van der Waals surface area contributed by atoms with Gasteiger partial charge >= 0.3 is 0 Å². The number of carbonyl (C=O) groups is 1. The van der Waals surface area contributed by atoms with Gasteiger partial charge in [0, 0.05) is 13.2 Å². The van der Waals surface area contributed by atoms with Gasteiger partial charge in [-0.2, -0.15) is 0 Å². The molecule has 0 aliphatic rings. The number of aromatic hydroxyl groups is 2. The van der Waals surface area contributed by atoms with E-state index >= 15 is 0 Å². The molecule has 1 unspecified atom stereocenters. The van der Waals surface area contributed by atoms with Crippen molar-refractivity contribution in [1.29, 1.82) is 0 Å². The summed E-state index contributed by atoms with van der Waals surface area (Å²) in [5, 5.41) is 21.3. The molecule has 1 rings (SSSR count). The van der Waals surface area contributed by atoms with Crippen molar-refractivity contribution in [1.82, 2.24) is 5.32 Å². The number of nitrogens with two attached hydrogens (primary N) is 1. The molecule has 0 saturated carbocycles. The molecule has 0 aliphatic carbocycles. The number of amides is 1. The highest BCUT2D eigenvalue weighted by Crippen LogP contribution is 2.25. The van der Waals surface area contributed by atoms with Crippen LogP contribution in [-0.2, 0) is 16.0 Å². The van der Waals surface area contributed by atoms with Crippen LogP contribution in [0.15, 0.2) is 18.2 Å². The molecule has 1 amide bonds. The van der Waals surface area contributed by atoms with Gasteiger partial charge in [-0.25, -0.2) is 0 Å². The predicted octanol–water partition coefficient (Wildman–Crippen LogP) is 0.509. The van der Waals surface area contributed by atoms with Crippen LogP contribution < -0.4 is 11.1 Å². The molecule has 0 bridgehead atoms. The lowest BCUT2D eigenvalue weighted by molar-refractivity contribution is -0.122. The summed E-state index contributed by atoms with van der Waals surface area (Å²) in [6.07, 6.45) is 0.219. The highest BCUT2D eigenvalue weighted by Gasteiger charge is 2.15. The Morgan fingerprint density at radius 3 is 2.70 bits per heavy atom. The summed E-state index contributed by atoms with van der Waals surface area (Å²) in [5.74, 6) is -0.693. The second kappa shape index (κ2) is 7.72. The van der Waals surface area contributed by atoms with E-state index in [1.54, 1.807) is 6.07 Å². The quantitative estimate of drug-likeness (QED) is 0.545. The molecule has 2 atom stereocenters. The number of ether oxygens (including phenoxy) is 1. The smallest absolute Gasteiger partial charge is 0.237 e. The van der Waals surface area contributed by atoms with Crippen LogP contribution in [0.5, 0.6) is 11.5 Å². The van der Waals surface area contributed by atoms with Crippen LogP contribution in [0, 0.1) is 0 Å². The lowest BCUT2D eigenvalue weighted by Crippen LogP contribution is -2.44. The van der Waals surface area contributed by atoms with Gasteiger partial charge in [-0.3, -0.25) is 4.79 Å². The summed E-state index contributed by atoms with van der Waals surface area (Å²) in [6, 6.07) is 3.66. The molecule has 0 aliphatic heterocycles. The van der Waals surface area contributed by atoms with E-state index in [1.807, 2.05) is 13.8 Å². The van der Waals surface area contributed by atoms with Crippen molar-refractivity contribution in [2.75, 3.05) is 13.2 Å². The van der Waals surface area contributed by atoms with Crippen molar-refractivity contribution in [2.45, 2.75) is 32.4 Å². The largest absolute Gasteiger partial charge is 0.504 e. The first-order valence-corrected chi connectivity index (χ1v) is 6.59. The number of rotatable bonds is 7. The molecule has 0 saturated heterocycles. The van der Waals surface area contributed by atoms with E-state index in [9.17, 15) is 15.0 Å². The third kappa shape index (κ3) is 5.07. The number of nitrogens with one attached hydrogen (secondary N) is 1. The van der Waals surface area contributed by atoms with E-state index in [2.05, 4.69) is 5.32 Å². The van der Waals surface area contributed by atoms with E-state index in [0.717, 1.165) is 0 Å². The molecule has 6 heteroatoms. The zero-order valence-corrected chi connectivity index (χ0v) is 11.8. The molecule has 0 aromatic heterocycles. The Kier molecular flexibility index (Phi) is 6.27. The van der Waals surface area contributed by atoms with Crippen molar-refractivity contribution >= 4 is 5.91 Å². The van der Waals surface area contributed by atoms with Crippen molar-refractivity contribution in [3.8, 4) is 11.5 Å². The molecule has 0 fully saturated rings. The Bertz CT molecular complexity index is 451. The minimum atomic E-state index is -0.715. The average molecular weight is 282 g/mol. The van der Waals surface area contributed by atoms with Gasteiger partial charge in [-0.05, 0) is 38.0 Å². The fraction of sp³-hybridized carbons (Fsp3) is 0.500. The Morgan fingerprint density at radius 1 is 1.40 bits per heavy atom. The van der Waals surface area contributed by atoms with Crippen molar-refractivity contribution < 1.29 is 19.7 Å². The molecule has 6 nitrogen and oxygen atoms in total. The summed E-state index contributed by atoms with van der Waals surface area (Å²) in [5.41, 5.74) is 6.48. The number of hydrogen-bond acceptors (Lipinski definition) is 5. The predicted molar refractivity (Wildman–Crippen MR) is 75.5 cm³/mol. The summed E-state index contributed by atoms with van der Waals surface area (Å²) in [4.78, 5) is 11.8. The second-order valence-electron chi connectivity index (χ2n) is 4.64. The number of phenols is 2. The monoisotopic (exact) mass is 282 g/mol. The van der Waals surface area contributed by atoms with Crippen molar-refractivity contribution in [3.63, 3.8) is 0 Å². The molecule has 1 aromatic carbocycles. The standard InChI is InChI=1S/C14H22N2O4/c1-3-20-9(2)8-16-14(19)11(15)6-10-4-5-12(17)13(18)7-10/h4-5,7,9,11,17-18H,3,6,8,15H2,1-2H3,(H,16,19)/t9?,11-/m0/s1. The molecule has 1 aromatic rings. The number of phenolic OH excluding ortho intramolecular Hbond substituents is 2. The fourth-order valence-electron chi connectivity index (χ4n) is 1.76. The maximum absolute atomic E-state index is 11.8. The molecule has 112 valence electrons. The normalized spacial score (nSPS) is 13.8. The molecular weight excluding hydrogens is 260 g/mol. The fourth-order valence-corrected chi connectivity index (χ4v) is 1.76. The Labute approximate surface area is 118 Å². The Morgan fingerprint density at radius 2 is 2.10 bits per heavy atom. The highest BCUT2D eigenvalue weighted by molar-refractivity contribution is 5.81. The first-order chi connectivity index (χ1) is 9.43. The zero-order chi connectivity index (χ0) is 15.1. The first kappa shape index (κ1) is 16.3. The van der Waals surface area contributed by atoms with Crippen LogP contribution in [0.1, 0.15) is 19.4 Å². The third-order valence-electron chi connectivity index (χ3n) is 2.85. The molecule has 0 heterocycles. The van der Waals surface area contributed by atoms with E-state index in [0.29, 0.717) is 18.7 Å². The molecule has 0 spiro atoms. The van der Waals surface area contributed by atoms with E-state index in [-0.39, 0.29) is 29.9 Å². The maximum Gasteiger partial charge on any atom is 0.237 e. The highest BCUT2D eigenvalue weighted by atomic mass is 16.5. The van der Waals surface area contributed by atoms with Gasteiger partial charge in [0.15, 0.2) is 11.5 Å². The van der Waals surface area contributed by atoms with Crippen LogP contribution >= 0.6 is 0 Å². The van der Waals surface area contributed by atoms with E-state index in [1.165, 1.54) is 12.1 Å². The minimum absolute atomic E-state index is 0.0612. The Balaban J connectivity index is 2.46. The van der Waals surface area contributed by atoms with Crippen molar-refractivity contribution in [3.05, 3.63) is 23.8 Å². The third-order valence-corrected chi connectivity index (χ3v) is 2.85. The summed E-state index contributed by atoms with van der Waals surface area (Å²) in [7, 11) is 0. The van der Waals surface area contributed by atoms with Crippen LogP contribution in [-0.4, -0.2) is 41.4 Å². The number of carbonyl (C=O) groups excluding carboxylic acids is 1. The van der Waals surface area contributed by atoms with E-state index < -0.39 is 6.04 Å². The molecule has 0 radical (unpaired) electrons. The van der Waals surface area contributed by atoms with Gasteiger partial charge in [-0.1, -0.05) is 6.07 Å². The Hall–Kier alpha value is -1.79. The van der Waals surface area contributed by atoms with Gasteiger partial charge in [0.2, 0.25) is 5.91 Å². The van der Waals surface area contributed by atoms with Gasteiger partial charge in [0.25, 0.3) is 0 Å². The maximum atomic E-state index is 11.8. The van der Waals surface area contributed by atoms with Crippen LogP contribution in [0.3, 0.4) is 0 Å². The molecule has 20 heavy (non-hydrogen) atoms. The molecular formula is C14H22N2O4. The van der Waals surface area contributed by atoms with Gasteiger partial charge in [0.1, 0.15) is 0 Å². The van der Waals surface area contributed by atoms with Gasteiger partial charge in [0.05, 0.1) is 12.1 Å². The number of benzene rings is 1. The van der Waals surface area contributed by atoms with E-state index in [4.69, 9.17) is 10.5 Å². The summed E-state index contributed by atoms with van der Waals surface area (Å²) < 4.78 is 5.30. The molecule has 5 N–H and O–H groups in total. The van der Waals surface area contributed by atoms with Gasteiger partial charge in [-0.15, -0.1) is 0 Å². The topological polar surface area (TPSA) is 105 Å². The SMILES string of the molecule is CCOC(C)CNC(=O)[C@@H](N)Cc1ccc(O)c(O)c1. The van der Waals surface area contributed by atoms with Crippen LogP contribution in [0.2, 0.25) is 0 Å². The average Bonchev–Trinajstić information content (AvgIpc) is 2.40. The second-order valence-corrected chi connectivity index (χ2v) is 4.64. The van der Waals surface area contributed by atoms with Crippen LogP contribution in [0.4, 0.5) is 0 Å². The zero-order valence-electron chi connectivity index (χ0n) is 11.8. The minimum Gasteiger partial charge on any atom is -0.504 e. The van der Waals surface area contributed by atoms with Gasteiger partial charge < -0.3 is 26.0 Å². The first-order valence-electron chi connectivity index (χ1n) is 6.59.